The normalized spacial score (nSPS) is 17.6. The first-order chi connectivity index (χ1) is 27.5. The van der Waals surface area contributed by atoms with Crippen LogP contribution in [0, 0.1) is 0 Å². The Morgan fingerprint density at radius 1 is 0.474 bits per heavy atom. The van der Waals surface area contributed by atoms with Crippen molar-refractivity contribution < 1.29 is 0 Å². The smallest absolute Gasteiger partial charge is 0.0496 e. The van der Waals surface area contributed by atoms with Gasteiger partial charge in [0, 0.05) is 44.6 Å². The maximum atomic E-state index is 2.61. The number of nitrogens with zero attached hydrogens (tertiary/aromatic N) is 2. The summed E-state index contributed by atoms with van der Waals surface area (Å²) in [6, 6.07) is 50.9. The molecule has 57 heavy (non-hydrogen) atoms. The number of hydrogen-bond acceptors (Lipinski definition) is 2. The summed E-state index contributed by atoms with van der Waals surface area (Å²) in [5, 5.41) is 7.95. The maximum Gasteiger partial charge on any atom is 0.0496 e. The van der Waals surface area contributed by atoms with Gasteiger partial charge in [0.25, 0.3) is 0 Å². The van der Waals surface area contributed by atoms with Crippen LogP contribution < -0.4 is 9.80 Å². The van der Waals surface area contributed by atoms with Gasteiger partial charge in [0.2, 0.25) is 0 Å². The topological polar surface area (TPSA) is 6.48 Å². The molecule has 0 saturated carbocycles. The van der Waals surface area contributed by atoms with Crippen LogP contribution in [0.3, 0.4) is 0 Å². The first kappa shape index (κ1) is 34.4. The first-order valence-electron chi connectivity index (χ1n) is 20.9. The molecule has 8 aromatic carbocycles. The lowest BCUT2D eigenvalue weighted by atomic mass is 9.81. The van der Waals surface area contributed by atoms with Gasteiger partial charge in [-0.1, -0.05) is 129 Å². The molecule has 2 heteroatoms. The van der Waals surface area contributed by atoms with E-state index in [1.807, 2.05) is 0 Å². The fourth-order valence-corrected chi connectivity index (χ4v) is 10.9. The molecular weight excluding hydrogens is 689 g/mol. The highest BCUT2D eigenvalue weighted by Crippen LogP contribution is 2.52. The monoisotopic (exact) mass is 738 g/mol. The van der Waals surface area contributed by atoms with E-state index in [4.69, 9.17) is 0 Å². The van der Waals surface area contributed by atoms with Gasteiger partial charge in [-0.2, -0.15) is 0 Å². The molecule has 0 aromatic heterocycles. The van der Waals surface area contributed by atoms with Gasteiger partial charge in [-0.05, 0) is 155 Å². The summed E-state index contributed by atoms with van der Waals surface area (Å²) in [6.07, 6.45) is 9.16. The molecule has 0 saturated heterocycles. The number of rotatable bonds is 4. The third kappa shape index (κ3) is 5.09. The van der Waals surface area contributed by atoms with Crippen LogP contribution in [0.5, 0.6) is 0 Å². The molecule has 8 aromatic rings. The van der Waals surface area contributed by atoms with E-state index in [-0.39, 0.29) is 16.5 Å². The molecule has 0 N–H and O–H groups in total. The Morgan fingerprint density at radius 3 is 1.75 bits per heavy atom. The summed E-state index contributed by atoms with van der Waals surface area (Å²) in [5.41, 5.74) is 16.1. The first-order valence-corrected chi connectivity index (χ1v) is 20.9. The molecule has 0 amide bonds. The molecule has 0 atom stereocenters. The zero-order valence-electron chi connectivity index (χ0n) is 34.1. The van der Waals surface area contributed by atoms with Crippen LogP contribution >= 0.6 is 0 Å². The molecule has 11 rings (SSSR count). The predicted octanol–water partition coefficient (Wildman–Crippen LogP) is 14.8. The van der Waals surface area contributed by atoms with Crippen molar-refractivity contribution in [3.05, 3.63) is 167 Å². The van der Waals surface area contributed by atoms with Gasteiger partial charge in [-0.3, -0.25) is 0 Å². The zero-order chi connectivity index (χ0) is 38.8. The van der Waals surface area contributed by atoms with E-state index in [1.54, 1.807) is 0 Å². The molecule has 2 heterocycles. The fraction of sp³-hybridized carbons (Fsp3) is 0.236. The van der Waals surface area contributed by atoms with Crippen molar-refractivity contribution in [3.8, 4) is 11.1 Å². The van der Waals surface area contributed by atoms with Gasteiger partial charge in [0.1, 0.15) is 0 Å². The van der Waals surface area contributed by atoms with Crippen LogP contribution in [0.25, 0.3) is 55.6 Å². The van der Waals surface area contributed by atoms with Crippen LogP contribution in [0.4, 0.5) is 22.7 Å². The third-order valence-electron chi connectivity index (χ3n) is 14.0. The molecule has 0 unspecified atom stereocenters. The van der Waals surface area contributed by atoms with Gasteiger partial charge < -0.3 is 9.80 Å². The van der Waals surface area contributed by atoms with Crippen molar-refractivity contribution in [2.75, 3.05) is 9.80 Å². The van der Waals surface area contributed by atoms with E-state index >= 15 is 0 Å². The van der Waals surface area contributed by atoms with Crippen molar-refractivity contribution in [1.29, 1.82) is 0 Å². The average Bonchev–Trinajstić information content (AvgIpc) is 3.43. The SMILES string of the molecule is CC1(C)c2cc(/C=C/c3ccc4ccc5c(N6c7ccccc7CCC6(C)C)ccc6ccc3c4c65)ccc2-c2ccc(N3c4ccccc4CCC3(C)C)cc21. The summed E-state index contributed by atoms with van der Waals surface area (Å²) in [5.74, 6) is 0. The van der Waals surface area contributed by atoms with E-state index in [1.165, 1.54) is 99.6 Å². The van der Waals surface area contributed by atoms with Crippen molar-refractivity contribution in [2.24, 2.45) is 0 Å². The summed E-state index contributed by atoms with van der Waals surface area (Å²) >= 11 is 0. The minimum atomic E-state index is -0.113. The molecule has 0 spiro atoms. The minimum Gasteiger partial charge on any atom is -0.336 e. The lowest BCUT2D eigenvalue weighted by Crippen LogP contribution is -2.44. The maximum absolute atomic E-state index is 2.61. The fourth-order valence-electron chi connectivity index (χ4n) is 10.9. The summed E-state index contributed by atoms with van der Waals surface area (Å²) in [7, 11) is 0. The highest BCUT2D eigenvalue weighted by atomic mass is 15.2. The minimum absolute atomic E-state index is 0.00960. The number of fused-ring (bicyclic) bond motifs is 5. The lowest BCUT2D eigenvalue weighted by Gasteiger charge is -2.45. The van der Waals surface area contributed by atoms with Crippen LogP contribution in [0.15, 0.2) is 133 Å². The van der Waals surface area contributed by atoms with Crippen LogP contribution in [-0.4, -0.2) is 11.1 Å². The molecule has 1 aliphatic carbocycles. The Morgan fingerprint density at radius 2 is 1.04 bits per heavy atom. The zero-order valence-corrected chi connectivity index (χ0v) is 34.1. The van der Waals surface area contributed by atoms with Crippen LogP contribution in [0.2, 0.25) is 0 Å². The van der Waals surface area contributed by atoms with E-state index in [2.05, 4.69) is 197 Å². The van der Waals surface area contributed by atoms with Gasteiger partial charge in [0.05, 0.1) is 0 Å². The lowest BCUT2D eigenvalue weighted by molar-refractivity contribution is 0.447. The van der Waals surface area contributed by atoms with Gasteiger partial charge in [-0.25, -0.2) is 0 Å². The Hall–Kier alpha value is -5.86. The van der Waals surface area contributed by atoms with Crippen LogP contribution in [-0.2, 0) is 18.3 Å². The van der Waals surface area contributed by atoms with E-state index < -0.39 is 0 Å². The van der Waals surface area contributed by atoms with E-state index in [0.717, 1.165) is 25.7 Å². The summed E-state index contributed by atoms with van der Waals surface area (Å²) in [4.78, 5) is 5.20. The standard InChI is InChI=1S/C55H50N2/c1-53(2)31-29-37-11-7-9-13-48(37)56(53)41-23-27-44-43-24-16-35(33-46(43)55(5,6)47(44)34-41)15-17-36-18-19-39-21-26-45-50(28-22-40-20-25-42(36)51(39)52(40)45)57-49-14-10-8-12-38(49)30-32-54(57,3)4/h7-28,33-34H,29-32H2,1-6H3/b17-15+. The van der Waals surface area contributed by atoms with Crippen molar-refractivity contribution in [1.82, 2.24) is 0 Å². The predicted molar refractivity (Wildman–Crippen MR) is 245 cm³/mol. The second-order valence-corrected chi connectivity index (χ2v) is 18.7. The number of para-hydroxylation sites is 2. The number of benzene rings is 8. The van der Waals surface area contributed by atoms with Crippen molar-refractivity contribution >= 4 is 67.2 Å². The second-order valence-electron chi connectivity index (χ2n) is 18.7. The van der Waals surface area contributed by atoms with Crippen molar-refractivity contribution in [3.63, 3.8) is 0 Å². The average molecular weight is 739 g/mol. The third-order valence-corrected chi connectivity index (χ3v) is 14.0. The number of hydrogen-bond donors (Lipinski definition) is 0. The van der Waals surface area contributed by atoms with Gasteiger partial charge in [-0.15, -0.1) is 0 Å². The Bertz CT molecular complexity index is 2960. The molecular formula is C55H50N2. The molecule has 2 aliphatic heterocycles. The van der Waals surface area contributed by atoms with E-state index in [9.17, 15) is 0 Å². The number of aryl methyl sites for hydroxylation is 2. The highest BCUT2D eigenvalue weighted by molar-refractivity contribution is 6.26. The molecule has 0 fully saturated rings. The Labute approximate surface area is 337 Å². The number of anilines is 4. The molecule has 280 valence electrons. The molecule has 3 aliphatic rings. The largest absolute Gasteiger partial charge is 0.336 e. The van der Waals surface area contributed by atoms with Crippen molar-refractivity contribution in [2.45, 2.75) is 83.7 Å². The molecule has 0 bridgehead atoms. The Kier molecular flexibility index (Phi) is 7.29. The summed E-state index contributed by atoms with van der Waals surface area (Å²) in [6.45, 7) is 14.4. The van der Waals surface area contributed by atoms with Crippen LogP contribution in [0.1, 0.15) is 87.8 Å². The quantitative estimate of drug-likeness (QED) is 0.131. The Balaban J connectivity index is 0.967. The summed E-state index contributed by atoms with van der Waals surface area (Å²) < 4.78 is 0. The van der Waals surface area contributed by atoms with Gasteiger partial charge >= 0.3 is 0 Å². The second kappa shape index (κ2) is 12.1. The van der Waals surface area contributed by atoms with Gasteiger partial charge in [0.15, 0.2) is 0 Å². The molecule has 2 nitrogen and oxygen atoms in total. The highest BCUT2D eigenvalue weighted by Gasteiger charge is 2.39. The van der Waals surface area contributed by atoms with E-state index in [0.29, 0.717) is 0 Å². The molecule has 0 radical (unpaired) electrons.